The lowest BCUT2D eigenvalue weighted by atomic mass is 10.1. The molecule has 1 fully saturated rings. The lowest BCUT2D eigenvalue weighted by Crippen LogP contribution is -2.49. The summed E-state index contributed by atoms with van der Waals surface area (Å²) in [5, 5.41) is 15.7. The SMILES string of the molecule is COCCN(CC(=O)Nc1nc(CC(=O)N2CCN(c3ccc([N+](=O)[O-])cc3)CC2)cs1)C(=O)c1ccc(C)cc1. The third-order valence-corrected chi connectivity index (χ3v) is 7.48. The first-order valence-corrected chi connectivity index (χ1v) is 14.0. The van der Waals surface area contributed by atoms with Gasteiger partial charge in [0.05, 0.1) is 23.6 Å². The molecule has 0 saturated carbocycles. The van der Waals surface area contributed by atoms with Gasteiger partial charge in [0.2, 0.25) is 11.8 Å². The zero-order valence-corrected chi connectivity index (χ0v) is 23.8. The zero-order valence-electron chi connectivity index (χ0n) is 22.9. The Hall–Kier alpha value is -4.36. The Morgan fingerprint density at radius 3 is 2.39 bits per heavy atom. The van der Waals surface area contributed by atoms with Crippen molar-refractivity contribution < 1.29 is 24.0 Å². The molecule has 0 spiro atoms. The molecular formula is C28H32N6O6S. The van der Waals surface area contributed by atoms with E-state index in [2.05, 4.69) is 15.2 Å². The predicted molar refractivity (Wildman–Crippen MR) is 155 cm³/mol. The molecule has 1 aliphatic heterocycles. The molecular weight excluding hydrogens is 548 g/mol. The average molecular weight is 581 g/mol. The van der Waals surface area contributed by atoms with E-state index in [9.17, 15) is 24.5 Å². The molecule has 216 valence electrons. The van der Waals surface area contributed by atoms with Crippen LogP contribution in [0, 0.1) is 17.0 Å². The smallest absolute Gasteiger partial charge is 0.269 e. The van der Waals surface area contributed by atoms with Crippen molar-refractivity contribution in [3.8, 4) is 0 Å². The number of nitrogens with zero attached hydrogens (tertiary/aromatic N) is 5. The molecule has 1 saturated heterocycles. The van der Waals surface area contributed by atoms with Gasteiger partial charge in [-0.25, -0.2) is 4.98 Å². The van der Waals surface area contributed by atoms with Gasteiger partial charge in [0.15, 0.2) is 5.13 Å². The van der Waals surface area contributed by atoms with Crippen LogP contribution in [0.2, 0.25) is 0 Å². The molecule has 3 amide bonds. The second-order valence-electron chi connectivity index (χ2n) is 9.60. The van der Waals surface area contributed by atoms with Crippen LogP contribution in [0.15, 0.2) is 53.9 Å². The van der Waals surface area contributed by atoms with Gasteiger partial charge in [-0.15, -0.1) is 11.3 Å². The maximum Gasteiger partial charge on any atom is 0.269 e. The van der Waals surface area contributed by atoms with Gasteiger partial charge in [-0.2, -0.15) is 0 Å². The molecule has 0 aliphatic carbocycles. The van der Waals surface area contributed by atoms with Crippen molar-refractivity contribution in [1.82, 2.24) is 14.8 Å². The highest BCUT2D eigenvalue weighted by atomic mass is 32.1. The number of hydrogen-bond donors (Lipinski definition) is 1. The van der Waals surface area contributed by atoms with Crippen molar-refractivity contribution in [2.75, 3.05) is 63.2 Å². The number of aryl methyl sites for hydroxylation is 1. The molecule has 13 heteroatoms. The maximum absolute atomic E-state index is 13.0. The number of rotatable bonds is 11. The van der Waals surface area contributed by atoms with Crippen LogP contribution < -0.4 is 10.2 Å². The number of non-ortho nitro benzene ring substituents is 1. The van der Waals surface area contributed by atoms with Crippen molar-refractivity contribution in [2.45, 2.75) is 13.3 Å². The first-order valence-electron chi connectivity index (χ1n) is 13.1. The van der Waals surface area contributed by atoms with Gasteiger partial charge in [0.1, 0.15) is 6.54 Å². The summed E-state index contributed by atoms with van der Waals surface area (Å²) >= 11 is 1.22. The summed E-state index contributed by atoms with van der Waals surface area (Å²) in [6.07, 6.45) is 0.107. The van der Waals surface area contributed by atoms with Crippen LogP contribution in [-0.4, -0.2) is 90.4 Å². The number of nitro benzene ring substituents is 1. The molecule has 0 unspecified atom stereocenters. The highest BCUT2D eigenvalue weighted by Crippen LogP contribution is 2.21. The van der Waals surface area contributed by atoms with E-state index in [4.69, 9.17) is 4.74 Å². The average Bonchev–Trinajstić information content (AvgIpc) is 3.41. The third kappa shape index (κ3) is 8.08. The molecule has 0 radical (unpaired) electrons. The van der Waals surface area contributed by atoms with Gasteiger partial charge < -0.3 is 24.8 Å². The van der Waals surface area contributed by atoms with Crippen LogP contribution in [0.25, 0.3) is 0 Å². The first kappa shape index (κ1) is 29.6. The summed E-state index contributed by atoms with van der Waals surface area (Å²) in [6, 6.07) is 13.5. The van der Waals surface area contributed by atoms with Crippen LogP contribution in [-0.2, 0) is 20.7 Å². The van der Waals surface area contributed by atoms with Gasteiger partial charge in [0, 0.05) is 68.6 Å². The van der Waals surface area contributed by atoms with E-state index in [-0.39, 0.29) is 43.6 Å². The number of hydrogen-bond acceptors (Lipinski definition) is 9. The quantitative estimate of drug-likeness (QED) is 0.270. The highest BCUT2D eigenvalue weighted by molar-refractivity contribution is 7.13. The second kappa shape index (κ2) is 13.8. The number of benzene rings is 2. The summed E-state index contributed by atoms with van der Waals surface area (Å²) in [4.78, 5) is 58.8. The van der Waals surface area contributed by atoms with Gasteiger partial charge >= 0.3 is 0 Å². The van der Waals surface area contributed by atoms with E-state index < -0.39 is 10.8 Å². The van der Waals surface area contributed by atoms with Crippen LogP contribution in [0.4, 0.5) is 16.5 Å². The van der Waals surface area contributed by atoms with Crippen molar-refractivity contribution >= 4 is 45.6 Å². The number of amides is 3. The van der Waals surface area contributed by atoms with E-state index >= 15 is 0 Å². The number of nitrogens with one attached hydrogen (secondary N) is 1. The molecule has 41 heavy (non-hydrogen) atoms. The number of methoxy groups -OCH3 is 1. The van der Waals surface area contributed by atoms with E-state index in [0.29, 0.717) is 42.6 Å². The fourth-order valence-electron chi connectivity index (χ4n) is 4.38. The fraction of sp³-hybridized carbons (Fsp3) is 0.357. The van der Waals surface area contributed by atoms with E-state index in [1.54, 1.807) is 34.5 Å². The molecule has 1 N–H and O–H groups in total. The van der Waals surface area contributed by atoms with E-state index in [1.165, 1.54) is 35.5 Å². The largest absolute Gasteiger partial charge is 0.383 e. The number of aromatic nitrogens is 1. The molecule has 3 aromatic rings. The zero-order chi connectivity index (χ0) is 29.4. The van der Waals surface area contributed by atoms with E-state index in [0.717, 1.165) is 11.3 Å². The van der Waals surface area contributed by atoms with Crippen LogP contribution in [0.5, 0.6) is 0 Å². The molecule has 4 rings (SSSR count). The fourth-order valence-corrected chi connectivity index (χ4v) is 5.10. The third-order valence-electron chi connectivity index (χ3n) is 6.67. The molecule has 2 aromatic carbocycles. The number of thiazole rings is 1. The summed E-state index contributed by atoms with van der Waals surface area (Å²) in [7, 11) is 1.53. The van der Waals surface area contributed by atoms with Gasteiger partial charge in [-0.1, -0.05) is 17.7 Å². The number of carbonyl (C=O) groups excluding carboxylic acids is 3. The predicted octanol–water partition coefficient (Wildman–Crippen LogP) is 2.98. The monoisotopic (exact) mass is 580 g/mol. The lowest BCUT2D eigenvalue weighted by Gasteiger charge is -2.36. The Labute approximate surface area is 241 Å². The minimum Gasteiger partial charge on any atom is -0.383 e. The Kier molecular flexibility index (Phi) is 9.98. The Morgan fingerprint density at radius 2 is 1.76 bits per heavy atom. The van der Waals surface area contributed by atoms with Gasteiger partial charge in [-0.05, 0) is 31.2 Å². The molecule has 0 atom stereocenters. The highest BCUT2D eigenvalue weighted by Gasteiger charge is 2.23. The topological polar surface area (TPSA) is 138 Å². The van der Waals surface area contributed by atoms with Crippen molar-refractivity contribution in [1.29, 1.82) is 0 Å². The van der Waals surface area contributed by atoms with E-state index in [1.807, 2.05) is 19.1 Å². The lowest BCUT2D eigenvalue weighted by molar-refractivity contribution is -0.384. The Bertz CT molecular complexity index is 1370. The standard InChI is InChI=1S/C28H32N6O6S/c1-20-3-5-21(6-4-20)27(37)33(15-16-40-2)18-25(35)30-28-29-22(19-41-28)17-26(36)32-13-11-31(12-14-32)23-7-9-24(10-8-23)34(38)39/h3-10,19H,11-18H2,1-2H3,(H,29,30,35). The van der Waals surface area contributed by atoms with Gasteiger partial charge in [0.25, 0.3) is 11.6 Å². The van der Waals surface area contributed by atoms with Crippen LogP contribution >= 0.6 is 11.3 Å². The normalized spacial score (nSPS) is 13.1. The molecule has 0 bridgehead atoms. The molecule has 2 heterocycles. The van der Waals surface area contributed by atoms with Crippen molar-refractivity contribution in [2.24, 2.45) is 0 Å². The number of anilines is 2. The Balaban J connectivity index is 1.27. The summed E-state index contributed by atoms with van der Waals surface area (Å²) in [6.45, 7) is 4.59. The minimum atomic E-state index is -0.430. The number of ether oxygens (including phenoxy) is 1. The molecule has 1 aliphatic rings. The summed E-state index contributed by atoms with van der Waals surface area (Å²) < 4.78 is 5.11. The first-order chi connectivity index (χ1) is 19.7. The maximum atomic E-state index is 13.0. The summed E-state index contributed by atoms with van der Waals surface area (Å²) in [5.74, 6) is -0.724. The summed E-state index contributed by atoms with van der Waals surface area (Å²) in [5.41, 5.74) is 3.00. The number of nitro groups is 1. The van der Waals surface area contributed by atoms with Crippen LogP contribution in [0.3, 0.4) is 0 Å². The van der Waals surface area contributed by atoms with Gasteiger partial charge in [-0.3, -0.25) is 24.5 Å². The minimum absolute atomic E-state index is 0.0422. The second-order valence-corrected chi connectivity index (χ2v) is 10.5. The number of carbonyl (C=O) groups is 3. The number of piperazine rings is 1. The van der Waals surface area contributed by atoms with Crippen molar-refractivity contribution in [3.05, 3.63) is 80.8 Å². The molecule has 1 aromatic heterocycles. The Morgan fingerprint density at radius 1 is 1.07 bits per heavy atom. The van der Waals surface area contributed by atoms with Crippen LogP contribution in [0.1, 0.15) is 21.6 Å². The molecule has 12 nitrogen and oxygen atoms in total. The van der Waals surface area contributed by atoms with Crippen molar-refractivity contribution in [3.63, 3.8) is 0 Å².